The molecule has 1 aromatic rings. The molecule has 0 saturated heterocycles. The van der Waals surface area contributed by atoms with Crippen molar-refractivity contribution in [2.24, 2.45) is 0 Å². The monoisotopic (exact) mass is 186 g/mol. The van der Waals surface area contributed by atoms with E-state index in [2.05, 4.69) is 13.2 Å². The van der Waals surface area contributed by atoms with Crippen molar-refractivity contribution in [1.29, 1.82) is 0 Å². The molecule has 2 nitrogen and oxygen atoms in total. The summed E-state index contributed by atoms with van der Waals surface area (Å²) in [4.78, 5) is 22.4. The number of carbonyl (C=O) groups is 2. The third kappa shape index (κ3) is 1.69. The van der Waals surface area contributed by atoms with Crippen LogP contribution in [0.25, 0.3) is 0 Å². The fraction of sp³-hybridized carbons (Fsp3) is 0. The molecule has 0 atom stereocenters. The minimum absolute atomic E-state index is 0.0924. The zero-order valence-electron chi connectivity index (χ0n) is 7.69. The van der Waals surface area contributed by atoms with Crippen LogP contribution in [0.2, 0.25) is 0 Å². The summed E-state index contributed by atoms with van der Waals surface area (Å²) in [5, 5.41) is 0. The maximum Gasteiger partial charge on any atom is 0.186 e. The van der Waals surface area contributed by atoms with E-state index in [1.165, 1.54) is 12.2 Å². The maximum atomic E-state index is 11.2. The SMILES string of the molecule is C=C.O=C1C=CC(=O)c2ccccc21. The second-order valence-electron chi connectivity index (χ2n) is 2.61. The number of fused-ring (bicyclic) bond motifs is 1. The molecular formula is C12H10O2. The molecular weight excluding hydrogens is 176 g/mol. The van der Waals surface area contributed by atoms with Crippen molar-refractivity contribution in [1.82, 2.24) is 0 Å². The van der Waals surface area contributed by atoms with Crippen LogP contribution in [-0.2, 0) is 0 Å². The Morgan fingerprint density at radius 2 is 1.14 bits per heavy atom. The molecule has 0 amide bonds. The molecule has 0 unspecified atom stereocenters. The average molecular weight is 186 g/mol. The van der Waals surface area contributed by atoms with Crippen molar-refractivity contribution in [3.8, 4) is 0 Å². The van der Waals surface area contributed by atoms with Gasteiger partial charge in [-0.25, -0.2) is 0 Å². The first kappa shape index (κ1) is 10.1. The molecule has 2 rings (SSSR count). The summed E-state index contributed by atoms with van der Waals surface area (Å²) < 4.78 is 0. The molecule has 0 radical (unpaired) electrons. The second kappa shape index (κ2) is 4.33. The smallest absolute Gasteiger partial charge is 0.186 e. The van der Waals surface area contributed by atoms with Crippen LogP contribution in [0.5, 0.6) is 0 Å². The van der Waals surface area contributed by atoms with Crippen LogP contribution in [0, 0.1) is 0 Å². The van der Waals surface area contributed by atoms with Crippen molar-refractivity contribution < 1.29 is 9.59 Å². The first-order chi connectivity index (χ1) is 6.79. The predicted octanol–water partition coefficient (Wildman–Crippen LogP) is 2.42. The molecule has 0 spiro atoms. The molecule has 2 heteroatoms. The molecule has 0 fully saturated rings. The Hall–Kier alpha value is -1.96. The van der Waals surface area contributed by atoms with Gasteiger partial charge in [0.25, 0.3) is 0 Å². The van der Waals surface area contributed by atoms with Gasteiger partial charge in [-0.3, -0.25) is 9.59 Å². The molecule has 0 aliphatic heterocycles. The lowest BCUT2D eigenvalue weighted by Gasteiger charge is -2.06. The van der Waals surface area contributed by atoms with Crippen LogP contribution in [-0.4, -0.2) is 11.6 Å². The zero-order valence-corrected chi connectivity index (χ0v) is 7.69. The van der Waals surface area contributed by atoms with Gasteiger partial charge in [0.2, 0.25) is 0 Å². The molecule has 1 aliphatic carbocycles. The number of rotatable bonds is 0. The quantitative estimate of drug-likeness (QED) is 0.583. The molecule has 0 saturated carbocycles. The highest BCUT2D eigenvalue weighted by atomic mass is 16.1. The minimum atomic E-state index is -0.0924. The summed E-state index contributed by atoms with van der Waals surface area (Å²) in [6.45, 7) is 6.00. The van der Waals surface area contributed by atoms with Gasteiger partial charge in [-0.05, 0) is 12.2 Å². The van der Waals surface area contributed by atoms with E-state index in [4.69, 9.17) is 0 Å². The summed E-state index contributed by atoms with van der Waals surface area (Å²) in [6.07, 6.45) is 2.62. The standard InChI is InChI=1S/C10H6O2.C2H4/c11-9-5-6-10(12)8-4-2-1-3-7(8)9;1-2/h1-6H;1-2H2. The fourth-order valence-corrected chi connectivity index (χ4v) is 1.24. The van der Waals surface area contributed by atoms with E-state index in [1.54, 1.807) is 24.3 Å². The van der Waals surface area contributed by atoms with Crippen molar-refractivity contribution in [3.05, 3.63) is 60.7 Å². The number of ketones is 2. The molecule has 0 aromatic heterocycles. The van der Waals surface area contributed by atoms with Crippen LogP contribution >= 0.6 is 0 Å². The van der Waals surface area contributed by atoms with E-state index in [-0.39, 0.29) is 11.6 Å². The second-order valence-corrected chi connectivity index (χ2v) is 2.61. The Balaban J connectivity index is 0.000000461. The van der Waals surface area contributed by atoms with Crippen molar-refractivity contribution in [2.45, 2.75) is 0 Å². The highest BCUT2D eigenvalue weighted by molar-refractivity contribution is 6.21. The van der Waals surface area contributed by atoms with Crippen molar-refractivity contribution in [3.63, 3.8) is 0 Å². The topological polar surface area (TPSA) is 34.1 Å². The fourth-order valence-electron chi connectivity index (χ4n) is 1.24. The third-order valence-corrected chi connectivity index (χ3v) is 1.84. The molecule has 0 bridgehead atoms. The highest BCUT2D eigenvalue weighted by Gasteiger charge is 2.16. The Kier molecular flexibility index (Phi) is 3.13. The minimum Gasteiger partial charge on any atom is -0.289 e. The summed E-state index contributed by atoms with van der Waals surface area (Å²) in [6, 6.07) is 6.84. The van der Waals surface area contributed by atoms with Crippen LogP contribution in [0.4, 0.5) is 0 Å². The van der Waals surface area contributed by atoms with E-state index in [9.17, 15) is 9.59 Å². The predicted molar refractivity (Wildman–Crippen MR) is 55.5 cm³/mol. The number of allylic oxidation sites excluding steroid dienone is 2. The van der Waals surface area contributed by atoms with E-state index in [0.29, 0.717) is 11.1 Å². The highest BCUT2D eigenvalue weighted by Crippen LogP contribution is 2.15. The maximum absolute atomic E-state index is 11.2. The number of benzene rings is 1. The van der Waals surface area contributed by atoms with E-state index in [1.807, 2.05) is 0 Å². The summed E-state index contributed by atoms with van der Waals surface area (Å²) in [5.74, 6) is -0.185. The van der Waals surface area contributed by atoms with Crippen LogP contribution < -0.4 is 0 Å². The first-order valence-electron chi connectivity index (χ1n) is 4.15. The van der Waals surface area contributed by atoms with Gasteiger partial charge in [0, 0.05) is 11.1 Å². The Labute approximate surface area is 82.6 Å². The van der Waals surface area contributed by atoms with Gasteiger partial charge in [-0.15, -0.1) is 13.2 Å². The van der Waals surface area contributed by atoms with Gasteiger partial charge >= 0.3 is 0 Å². The van der Waals surface area contributed by atoms with E-state index < -0.39 is 0 Å². The summed E-state index contributed by atoms with van der Waals surface area (Å²) in [7, 11) is 0. The van der Waals surface area contributed by atoms with Gasteiger partial charge in [0.05, 0.1) is 0 Å². The largest absolute Gasteiger partial charge is 0.289 e. The number of hydrogen-bond donors (Lipinski definition) is 0. The lowest BCUT2D eigenvalue weighted by Crippen LogP contribution is -2.10. The lowest BCUT2D eigenvalue weighted by molar-refractivity contribution is 0.0994. The van der Waals surface area contributed by atoms with Gasteiger partial charge in [-0.2, -0.15) is 0 Å². The first-order valence-corrected chi connectivity index (χ1v) is 4.15. The number of hydrogen-bond acceptors (Lipinski definition) is 2. The Bertz CT molecular complexity index is 366. The van der Waals surface area contributed by atoms with Crippen molar-refractivity contribution >= 4 is 11.6 Å². The normalized spacial score (nSPS) is 12.9. The molecule has 1 aliphatic rings. The van der Waals surface area contributed by atoms with Gasteiger partial charge < -0.3 is 0 Å². The van der Waals surface area contributed by atoms with Gasteiger partial charge in [0.15, 0.2) is 11.6 Å². The van der Waals surface area contributed by atoms with Crippen LogP contribution in [0.15, 0.2) is 49.6 Å². The molecule has 0 N–H and O–H groups in total. The van der Waals surface area contributed by atoms with Gasteiger partial charge in [-0.1, -0.05) is 24.3 Å². The zero-order chi connectivity index (χ0) is 10.6. The Morgan fingerprint density at radius 1 is 0.786 bits per heavy atom. The van der Waals surface area contributed by atoms with Crippen molar-refractivity contribution in [2.75, 3.05) is 0 Å². The average Bonchev–Trinajstić information content (AvgIpc) is 2.27. The summed E-state index contributed by atoms with van der Waals surface area (Å²) in [5.41, 5.74) is 1.01. The summed E-state index contributed by atoms with van der Waals surface area (Å²) >= 11 is 0. The third-order valence-electron chi connectivity index (χ3n) is 1.84. The van der Waals surface area contributed by atoms with E-state index in [0.717, 1.165) is 0 Å². The molecule has 0 heterocycles. The van der Waals surface area contributed by atoms with Crippen LogP contribution in [0.1, 0.15) is 20.7 Å². The lowest BCUT2D eigenvalue weighted by atomic mass is 9.95. The van der Waals surface area contributed by atoms with E-state index >= 15 is 0 Å². The number of carbonyl (C=O) groups excluding carboxylic acids is 2. The Morgan fingerprint density at radius 3 is 1.50 bits per heavy atom. The van der Waals surface area contributed by atoms with Crippen LogP contribution in [0.3, 0.4) is 0 Å². The molecule has 70 valence electrons. The molecule has 1 aromatic carbocycles. The molecule has 14 heavy (non-hydrogen) atoms. The van der Waals surface area contributed by atoms with Gasteiger partial charge in [0.1, 0.15) is 0 Å².